The first-order chi connectivity index (χ1) is 12.0. The molecule has 0 aliphatic heterocycles. The van der Waals surface area contributed by atoms with Gasteiger partial charge >= 0.3 is 0 Å². The minimum absolute atomic E-state index is 0.0864. The molecule has 25 heavy (non-hydrogen) atoms. The van der Waals surface area contributed by atoms with Gasteiger partial charge in [0.2, 0.25) is 5.91 Å². The lowest BCUT2D eigenvalue weighted by Crippen LogP contribution is -2.52. The summed E-state index contributed by atoms with van der Waals surface area (Å²) in [6.07, 6.45) is 8.68. The molecule has 0 radical (unpaired) electrons. The van der Waals surface area contributed by atoms with Gasteiger partial charge in [-0.1, -0.05) is 0 Å². The molecule has 4 bridgehead atoms. The van der Waals surface area contributed by atoms with Gasteiger partial charge in [-0.05, 0) is 96.6 Å². The van der Waals surface area contributed by atoms with Gasteiger partial charge < -0.3 is 9.84 Å². The van der Waals surface area contributed by atoms with E-state index in [1.165, 1.54) is 26.4 Å². The lowest BCUT2D eigenvalue weighted by atomic mass is 9.49. The van der Waals surface area contributed by atoms with E-state index in [4.69, 9.17) is 4.74 Å². The summed E-state index contributed by atoms with van der Waals surface area (Å²) in [5, 5.41) is 14.1. The Labute approximate surface area is 161 Å². The monoisotopic (exact) mass is 454 g/mol. The first-order valence-corrected chi connectivity index (χ1v) is 9.97. The van der Waals surface area contributed by atoms with E-state index < -0.39 is 0 Å². The van der Waals surface area contributed by atoms with Crippen LogP contribution in [0.2, 0.25) is 0 Å². The number of rotatable bonds is 4. The van der Waals surface area contributed by atoms with Gasteiger partial charge in [0.15, 0.2) is 11.5 Å². The quantitative estimate of drug-likeness (QED) is 0.415. The molecule has 0 atom stereocenters. The second-order valence-corrected chi connectivity index (χ2v) is 9.11. The molecule has 4 saturated carbocycles. The number of carbonyl (C=O) groups is 1. The Morgan fingerprint density at radius 2 is 1.88 bits per heavy atom. The van der Waals surface area contributed by atoms with Crippen LogP contribution in [0.25, 0.3) is 0 Å². The summed E-state index contributed by atoms with van der Waals surface area (Å²) in [5.41, 5.74) is 3.38. The van der Waals surface area contributed by atoms with Gasteiger partial charge in [-0.2, -0.15) is 5.10 Å². The molecule has 134 valence electrons. The zero-order valence-corrected chi connectivity index (χ0v) is 16.5. The maximum Gasteiger partial charge on any atom is 0.246 e. The number of amides is 1. The Kier molecular flexibility index (Phi) is 4.42. The van der Waals surface area contributed by atoms with E-state index in [9.17, 15) is 9.90 Å². The highest BCUT2D eigenvalue weighted by molar-refractivity contribution is 14.1. The Hall–Kier alpha value is -1.31. The first kappa shape index (κ1) is 17.1. The van der Waals surface area contributed by atoms with Crippen LogP contribution >= 0.6 is 22.6 Å². The van der Waals surface area contributed by atoms with Gasteiger partial charge in [0, 0.05) is 0 Å². The van der Waals surface area contributed by atoms with E-state index in [0.717, 1.165) is 42.6 Å². The fourth-order valence-corrected chi connectivity index (χ4v) is 6.12. The van der Waals surface area contributed by atoms with Crippen LogP contribution in [0.3, 0.4) is 0 Å². The lowest BCUT2D eigenvalue weighted by Gasteiger charge is -2.55. The summed E-state index contributed by atoms with van der Waals surface area (Å²) in [5.74, 6) is 2.83. The van der Waals surface area contributed by atoms with Gasteiger partial charge in [0.05, 0.1) is 22.3 Å². The van der Waals surface area contributed by atoms with Crippen LogP contribution in [0.5, 0.6) is 11.5 Å². The van der Waals surface area contributed by atoms with Crippen molar-refractivity contribution in [3.63, 3.8) is 0 Å². The molecule has 0 saturated heterocycles. The Bertz CT molecular complexity index is 696. The van der Waals surface area contributed by atoms with Gasteiger partial charge in [0.1, 0.15) is 0 Å². The van der Waals surface area contributed by atoms with Crippen molar-refractivity contribution in [2.45, 2.75) is 38.5 Å². The third kappa shape index (κ3) is 3.13. The number of halogens is 1. The fraction of sp³-hybridized carbons (Fsp3) is 0.579. The molecule has 5 nitrogen and oxygen atoms in total. The standard InChI is InChI=1S/C19H23IN2O3/c1-25-16-6-14(5-15(20)17(16)23)10-21-22-18(24)19-7-11-2-12(8-19)4-13(3-11)9-19/h5-6,10-13,23H,2-4,7-9H2,1H3,(H,22,24)/b21-10-. The lowest BCUT2D eigenvalue weighted by molar-refractivity contribution is -0.146. The summed E-state index contributed by atoms with van der Waals surface area (Å²) in [6, 6.07) is 3.51. The van der Waals surface area contributed by atoms with Crippen LogP contribution in [-0.4, -0.2) is 24.3 Å². The van der Waals surface area contributed by atoms with Crippen LogP contribution in [0, 0.1) is 26.7 Å². The molecule has 2 N–H and O–H groups in total. The number of nitrogens with one attached hydrogen (secondary N) is 1. The number of hydrogen-bond donors (Lipinski definition) is 2. The molecule has 4 aliphatic rings. The predicted octanol–water partition coefficient (Wildman–Crippen LogP) is 3.67. The number of hydrogen-bond acceptors (Lipinski definition) is 4. The fourth-order valence-electron chi connectivity index (χ4n) is 5.50. The Balaban J connectivity index is 1.46. The molecular formula is C19H23IN2O3. The normalized spacial score (nSPS) is 33.0. The van der Waals surface area contributed by atoms with E-state index in [1.54, 1.807) is 18.3 Å². The minimum atomic E-state index is -0.187. The van der Waals surface area contributed by atoms with Gasteiger partial charge in [0.25, 0.3) is 0 Å². The largest absolute Gasteiger partial charge is 0.504 e. The molecule has 6 heteroatoms. The van der Waals surface area contributed by atoms with Gasteiger partial charge in [-0.3, -0.25) is 4.79 Å². The first-order valence-electron chi connectivity index (χ1n) is 8.89. The topological polar surface area (TPSA) is 70.9 Å². The number of nitrogens with zero attached hydrogens (tertiary/aromatic N) is 1. The molecule has 4 aliphatic carbocycles. The third-order valence-corrected chi connectivity index (χ3v) is 6.99. The van der Waals surface area contributed by atoms with Crippen molar-refractivity contribution >= 4 is 34.7 Å². The second kappa shape index (κ2) is 6.45. The molecule has 0 spiro atoms. The number of phenolic OH excluding ortho intramolecular Hbond substituents is 1. The van der Waals surface area contributed by atoms with Crippen molar-refractivity contribution in [1.82, 2.24) is 5.43 Å². The second-order valence-electron chi connectivity index (χ2n) is 7.95. The molecule has 1 aromatic carbocycles. The van der Waals surface area contributed by atoms with Crippen molar-refractivity contribution in [2.75, 3.05) is 7.11 Å². The molecule has 5 rings (SSSR count). The smallest absolute Gasteiger partial charge is 0.246 e. The highest BCUT2D eigenvalue weighted by atomic mass is 127. The van der Waals surface area contributed by atoms with Crippen LogP contribution in [0.1, 0.15) is 44.1 Å². The van der Waals surface area contributed by atoms with Gasteiger partial charge in [-0.25, -0.2) is 5.43 Å². The average molecular weight is 454 g/mol. The molecule has 0 aromatic heterocycles. The summed E-state index contributed by atoms with van der Waals surface area (Å²) in [7, 11) is 1.51. The van der Waals surface area contributed by atoms with Crippen molar-refractivity contribution in [3.8, 4) is 11.5 Å². The predicted molar refractivity (Wildman–Crippen MR) is 104 cm³/mol. The maximum atomic E-state index is 12.8. The molecule has 4 fully saturated rings. The summed E-state index contributed by atoms with van der Waals surface area (Å²) < 4.78 is 5.84. The Morgan fingerprint density at radius 3 is 2.44 bits per heavy atom. The van der Waals surface area contributed by atoms with Crippen LogP contribution in [0.4, 0.5) is 0 Å². The zero-order valence-electron chi connectivity index (χ0n) is 14.3. The number of hydrazone groups is 1. The van der Waals surface area contributed by atoms with Crippen LogP contribution in [-0.2, 0) is 4.79 Å². The van der Waals surface area contributed by atoms with E-state index in [1.807, 2.05) is 22.6 Å². The number of aromatic hydroxyl groups is 1. The highest BCUT2D eigenvalue weighted by Gasteiger charge is 2.54. The highest BCUT2D eigenvalue weighted by Crippen LogP contribution is 2.60. The van der Waals surface area contributed by atoms with Crippen LogP contribution in [0.15, 0.2) is 17.2 Å². The van der Waals surface area contributed by atoms with E-state index in [-0.39, 0.29) is 17.1 Å². The average Bonchev–Trinajstić information content (AvgIpc) is 2.56. The number of benzene rings is 1. The summed E-state index contributed by atoms with van der Waals surface area (Å²) >= 11 is 2.05. The number of methoxy groups -OCH3 is 1. The Morgan fingerprint density at radius 1 is 1.28 bits per heavy atom. The van der Waals surface area contributed by atoms with E-state index in [0.29, 0.717) is 9.32 Å². The number of carbonyl (C=O) groups excluding carboxylic acids is 1. The van der Waals surface area contributed by atoms with Gasteiger partial charge in [-0.15, -0.1) is 0 Å². The van der Waals surface area contributed by atoms with Crippen molar-refractivity contribution in [2.24, 2.45) is 28.3 Å². The summed E-state index contributed by atoms with van der Waals surface area (Å²) in [4.78, 5) is 12.8. The maximum absolute atomic E-state index is 12.8. The molecular weight excluding hydrogens is 431 g/mol. The van der Waals surface area contributed by atoms with Crippen molar-refractivity contribution in [3.05, 3.63) is 21.3 Å². The molecule has 1 aromatic rings. The minimum Gasteiger partial charge on any atom is -0.504 e. The zero-order chi connectivity index (χ0) is 17.6. The van der Waals surface area contributed by atoms with Crippen molar-refractivity contribution in [1.29, 1.82) is 0 Å². The molecule has 0 heterocycles. The van der Waals surface area contributed by atoms with Crippen LogP contribution < -0.4 is 10.2 Å². The molecule has 0 unspecified atom stereocenters. The van der Waals surface area contributed by atoms with E-state index >= 15 is 0 Å². The van der Waals surface area contributed by atoms with Crippen molar-refractivity contribution < 1.29 is 14.6 Å². The SMILES string of the molecule is COc1cc(/C=N\NC(=O)C23CC4CC(CC(C4)C2)C3)cc(I)c1O. The molecule has 1 amide bonds. The summed E-state index contributed by atoms with van der Waals surface area (Å²) in [6.45, 7) is 0. The van der Waals surface area contributed by atoms with E-state index in [2.05, 4.69) is 10.5 Å². The number of ether oxygens (including phenoxy) is 1. The third-order valence-electron chi connectivity index (χ3n) is 6.17. The number of phenols is 1.